The molecular formula is C15H25N3. The van der Waals surface area contributed by atoms with Gasteiger partial charge in [-0.05, 0) is 24.8 Å². The third-order valence-corrected chi connectivity index (χ3v) is 3.99. The standard InChI is InChI=1S/C15H25N3/c1-5-7-12-11-18(14(12)6-2)15-10-13(17(3)4)8-9-16-15/h8-10,12,14H,5-7,11H2,1-4H3/t12-,14-/m0/s1. The minimum absolute atomic E-state index is 0.690. The van der Waals surface area contributed by atoms with Gasteiger partial charge in [-0.15, -0.1) is 0 Å². The molecule has 0 N–H and O–H groups in total. The highest BCUT2D eigenvalue weighted by molar-refractivity contribution is 5.56. The Morgan fingerprint density at radius 1 is 1.39 bits per heavy atom. The Hall–Kier alpha value is -1.25. The van der Waals surface area contributed by atoms with E-state index in [4.69, 9.17) is 0 Å². The molecule has 2 rings (SSSR count). The van der Waals surface area contributed by atoms with Crippen molar-refractivity contribution in [2.45, 2.75) is 39.2 Å². The monoisotopic (exact) mass is 247 g/mol. The van der Waals surface area contributed by atoms with E-state index < -0.39 is 0 Å². The van der Waals surface area contributed by atoms with Crippen LogP contribution in [0.4, 0.5) is 11.5 Å². The minimum atomic E-state index is 0.690. The molecule has 1 aliphatic heterocycles. The Balaban J connectivity index is 2.10. The molecule has 1 aromatic heterocycles. The first-order chi connectivity index (χ1) is 8.67. The van der Waals surface area contributed by atoms with Gasteiger partial charge in [0.1, 0.15) is 5.82 Å². The number of pyridine rings is 1. The van der Waals surface area contributed by atoms with Crippen molar-refractivity contribution in [2.75, 3.05) is 30.4 Å². The van der Waals surface area contributed by atoms with Crippen molar-refractivity contribution in [3.63, 3.8) is 0 Å². The van der Waals surface area contributed by atoms with E-state index in [1.54, 1.807) is 0 Å². The fourth-order valence-electron chi connectivity index (χ4n) is 2.94. The Morgan fingerprint density at radius 2 is 2.17 bits per heavy atom. The number of aromatic nitrogens is 1. The predicted octanol–water partition coefficient (Wildman–Crippen LogP) is 3.16. The van der Waals surface area contributed by atoms with Crippen molar-refractivity contribution in [1.82, 2.24) is 4.98 Å². The summed E-state index contributed by atoms with van der Waals surface area (Å²) in [5, 5.41) is 0. The third kappa shape index (κ3) is 2.45. The van der Waals surface area contributed by atoms with Crippen molar-refractivity contribution < 1.29 is 0 Å². The van der Waals surface area contributed by atoms with E-state index >= 15 is 0 Å². The molecule has 0 bridgehead atoms. The van der Waals surface area contributed by atoms with Gasteiger partial charge in [-0.1, -0.05) is 20.3 Å². The summed E-state index contributed by atoms with van der Waals surface area (Å²) in [6.07, 6.45) is 5.78. The van der Waals surface area contributed by atoms with Crippen LogP contribution >= 0.6 is 0 Å². The number of nitrogens with zero attached hydrogens (tertiary/aromatic N) is 3. The van der Waals surface area contributed by atoms with Crippen LogP contribution in [0.5, 0.6) is 0 Å². The van der Waals surface area contributed by atoms with E-state index in [2.05, 4.69) is 54.9 Å². The molecule has 0 amide bonds. The summed E-state index contributed by atoms with van der Waals surface area (Å²) in [6, 6.07) is 4.95. The van der Waals surface area contributed by atoms with Crippen molar-refractivity contribution >= 4 is 11.5 Å². The lowest BCUT2D eigenvalue weighted by molar-refractivity contribution is 0.264. The van der Waals surface area contributed by atoms with Crippen LogP contribution in [0.2, 0.25) is 0 Å². The second-order valence-corrected chi connectivity index (χ2v) is 5.44. The number of anilines is 2. The first kappa shape index (κ1) is 13.2. The van der Waals surface area contributed by atoms with Gasteiger partial charge in [-0.3, -0.25) is 0 Å². The Bertz CT molecular complexity index is 389. The van der Waals surface area contributed by atoms with Gasteiger partial charge in [-0.2, -0.15) is 0 Å². The molecule has 0 aliphatic carbocycles. The summed E-state index contributed by atoms with van der Waals surface area (Å²) < 4.78 is 0. The molecule has 0 aromatic carbocycles. The quantitative estimate of drug-likeness (QED) is 0.796. The highest BCUT2D eigenvalue weighted by Gasteiger charge is 2.37. The Morgan fingerprint density at radius 3 is 2.78 bits per heavy atom. The fourth-order valence-corrected chi connectivity index (χ4v) is 2.94. The molecule has 1 fully saturated rings. The van der Waals surface area contributed by atoms with E-state index in [0.29, 0.717) is 6.04 Å². The van der Waals surface area contributed by atoms with Crippen molar-refractivity contribution in [1.29, 1.82) is 0 Å². The average Bonchev–Trinajstić information content (AvgIpc) is 2.34. The zero-order valence-electron chi connectivity index (χ0n) is 12.1. The lowest BCUT2D eigenvalue weighted by Gasteiger charge is -2.49. The maximum atomic E-state index is 4.54. The van der Waals surface area contributed by atoms with Crippen LogP contribution in [0.3, 0.4) is 0 Å². The van der Waals surface area contributed by atoms with Crippen LogP contribution in [0.25, 0.3) is 0 Å². The number of rotatable bonds is 5. The van der Waals surface area contributed by atoms with Crippen LogP contribution < -0.4 is 9.80 Å². The summed E-state index contributed by atoms with van der Waals surface area (Å²) in [7, 11) is 4.15. The number of hydrogen-bond acceptors (Lipinski definition) is 3. The van der Waals surface area contributed by atoms with Crippen molar-refractivity contribution in [3.8, 4) is 0 Å². The highest BCUT2D eigenvalue weighted by atomic mass is 15.3. The zero-order valence-corrected chi connectivity index (χ0v) is 12.1. The second-order valence-electron chi connectivity index (χ2n) is 5.44. The molecule has 100 valence electrons. The normalized spacial score (nSPS) is 22.8. The topological polar surface area (TPSA) is 19.4 Å². The Kier molecular flexibility index (Phi) is 4.10. The average molecular weight is 247 g/mol. The number of hydrogen-bond donors (Lipinski definition) is 0. The van der Waals surface area contributed by atoms with Gasteiger partial charge in [0, 0.05) is 44.6 Å². The summed E-state index contributed by atoms with van der Waals surface area (Å²) in [4.78, 5) is 9.14. The maximum absolute atomic E-state index is 4.54. The summed E-state index contributed by atoms with van der Waals surface area (Å²) in [5.41, 5.74) is 1.23. The highest BCUT2D eigenvalue weighted by Crippen LogP contribution is 2.35. The maximum Gasteiger partial charge on any atom is 0.130 e. The van der Waals surface area contributed by atoms with Gasteiger partial charge >= 0.3 is 0 Å². The Labute approximate surface area is 111 Å². The molecule has 1 saturated heterocycles. The van der Waals surface area contributed by atoms with Gasteiger partial charge in [0.15, 0.2) is 0 Å². The predicted molar refractivity (Wildman–Crippen MR) is 78.4 cm³/mol. The molecule has 1 aliphatic rings. The second kappa shape index (κ2) is 5.59. The first-order valence-electron chi connectivity index (χ1n) is 7.07. The van der Waals surface area contributed by atoms with Crippen molar-refractivity contribution in [2.24, 2.45) is 5.92 Å². The van der Waals surface area contributed by atoms with Gasteiger partial charge in [0.2, 0.25) is 0 Å². The SMILES string of the molecule is CCC[C@H]1CN(c2cc(N(C)C)ccn2)[C@H]1CC. The molecular weight excluding hydrogens is 222 g/mol. The summed E-state index contributed by atoms with van der Waals surface area (Å²) in [5.74, 6) is 2.00. The summed E-state index contributed by atoms with van der Waals surface area (Å²) in [6.45, 7) is 5.74. The third-order valence-electron chi connectivity index (χ3n) is 3.99. The van der Waals surface area contributed by atoms with Crippen LogP contribution in [-0.2, 0) is 0 Å². The van der Waals surface area contributed by atoms with E-state index in [1.807, 2.05) is 6.20 Å². The molecule has 2 heterocycles. The molecule has 3 nitrogen and oxygen atoms in total. The molecule has 2 atom stereocenters. The molecule has 0 spiro atoms. The minimum Gasteiger partial charge on any atom is -0.378 e. The van der Waals surface area contributed by atoms with Gasteiger partial charge in [0.25, 0.3) is 0 Å². The lowest BCUT2D eigenvalue weighted by Crippen LogP contribution is -2.56. The molecule has 3 heteroatoms. The van der Waals surface area contributed by atoms with Gasteiger partial charge in [0.05, 0.1) is 0 Å². The molecule has 0 radical (unpaired) electrons. The van der Waals surface area contributed by atoms with Gasteiger partial charge < -0.3 is 9.80 Å². The van der Waals surface area contributed by atoms with E-state index in [1.165, 1.54) is 31.5 Å². The molecule has 0 saturated carbocycles. The molecule has 18 heavy (non-hydrogen) atoms. The lowest BCUT2D eigenvalue weighted by atomic mass is 9.83. The van der Waals surface area contributed by atoms with Crippen molar-refractivity contribution in [3.05, 3.63) is 18.3 Å². The van der Waals surface area contributed by atoms with E-state index in [-0.39, 0.29) is 0 Å². The molecule has 0 unspecified atom stereocenters. The van der Waals surface area contributed by atoms with Crippen LogP contribution in [-0.4, -0.2) is 31.7 Å². The van der Waals surface area contributed by atoms with E-state index in [9.17, 15) is 0 Å². The smallest absolute Gasteiger partial charge is 0.130 e. The fraction of sp³-hybridized carbons (Fsp3) is 0.667. The van der Waals surface area contributed by atoms with Gasteiger partial charge in [-0.25, -0.2) is 4.98 Å². The zero-order chi connectivity index (χ0) is 13.1. The van der Waals surface area contributed by atoms with Crippen LogP contribution in [0, 0.1) is 5.92 Å². The van der Waals surface area contributed by atoms with Crippen LogP contribution in [0.1, 0.15) is 33.1 Å². The van der Waals surface area contributed by atoms with Crippen LogP contribution in [0.15, 0.2) is 18.3 Å². The largest absolute Gasteiger partial charge is 0.378 e. The first-order valence-corrected chi connectivity index (χ1v) is 7.07. The van der Waals surface area contributed by atoms with E-state index in [0.717, 1.165) is 11.7 Å². The molecule has 1 aromatic rings. The summed E-state index contributed by atoms with van der Waals surface area (Å²) >= 11 is 0.